The van der Waals surface area contributed by atoms with Crippen LogP contribution in [0.2, 0.25) is 0 Å². The molecule has 0 heterocycles. The van der Waals surface area contributed by atoms with E-state index in [9.17, 15) is 29.9 Å². The molecule has 7 nitrogen and oxygen atoms in total. The zero-order chi connectivity index (χ0) is 11.6. The molecule has 15 heavy (non-hydrogen) atoms. The molecular weight excluding hydrogens is 206 g/mol. The third kappa shape index (κ3) is 2.05. The van der Waals surface area contributed by atoms with Crippen LogP contribution in [0.1, 0.15) is 19.3 Å². The highest BCUT2D eigenvalue weighted by atomic mass is 16.6. The summed E-state index contributed by atoms with van der Waals surface area (Å²) in [4.78, 5) is 30.9. The van der Waals surface area contributed by atoms with Crippen LogP contribution in [-0.4, -0.2) is 23.4 Å². The van der Waals surface area contributed by atoms with E-state index >= 15 is 0 Å². The van der Waals surface area contributed by atoms with Gasteiger partial charge in [-0.05, 0) is 12.8 Å². The summed E-state index contributed by atoms with van der Waals surface area (Å²) in [6, 6.07) is 0. The number of nitro groups is 1. The highest BCUT2D eigenvalue weighted by molar-refractivity contribution is 5.92. The number of carbonyl (C=O) groups is 2. The predicted molar refractivity (Wildman–Crippen MR) is 41.6 cm³/mol. The Morgan fingerprint density at radius 2 is 1.73 bits per heavy atom. The van der Waals surface area contributed by atoms with Crippen LogP contribution in [0.25, 0.3) is 0 Å². The Labute approximate surface area is 84.9 Å². The molecule has 0 N–H and O–H groups in total. The molecule has 0 aromatic rings. The fraction of sp³-hybridized carbons (Fsp3) is 0.750. The summed E-state index contributed by atoms with van der Waals surface area (Å²) in [7, 11) is 0. The van der Waals surface area contributed by atoms with Gasteiger partial charge in [-0.3, -0.25) is 10.1 Å². The van der Waals surface area contributed by atoms with Crippen LogP contribution in [0, 0.1) is 21.4 Å². The van der Waals surface area contributed by atoms with E-state index in [1.54, 1.807) is 0 Å². The number of hydrogen-bond acceptors (Lipinski definition) is 6. The van der Waals surface area contributed by atoms with E-state index in [0.29, 0.717) is 6.42 Å². The van der Waals surface area contributed by atoms with Gasteiger partial charge in [-0.15, -0.1) is 0 Å². The first-order chi connectivity index (χ1) is 6.89. The van der Waals surface area contributed by atoms with E-state index in [1.807, 2.05) is 0 Å². The van der Waals surface area contributed by atoms with Gasteiger partial charge in [0.05, 0.1) is 17.9 Å². The number of carboxylic acid groups (broad SMARTS) is 2. The van der Waals surface area contributed by atoms with E-state index < -0.39 is 34.7 Å². The molecule has 0 bridgehead atoms. The van der Waals surface area contributed by atoms with Gasteiger partial charge in [0.2, 0.25) is 6.54 Å². The number of hydrogen-bond donors (Lipinski definition) is 0. The molecular formula is C8H9NO6-2. The fourth-order valence-corrected chi connectivity index (χ4v) is 2.02. The standard InChI is InChI=1S/C8H11NO6/c10-6(11)5(7(12)13)8(2-1-3-8)4-9(14)15/h5H,1-4H2,(H,10,11)(H,12,13)/p-2. The van der Waals surface area contributed by atoms with Gasteiger partial charge in [-0.25, -0.2) is 0 Å². The van der Waals surface area contributed by atoms with Crippen molar-refractivity contribution in [2.24, 2.45) is 11.3 Å². The molecule has 1 fully saturated rings. The van der Waals surface area contributed by atoms with Crippen LogP contribution in [0.3, 0.4) is 0 Å². The van der Waals surface area contributed by atoms with Crippen molar-refractivity contribution in [1.29, 1.82) is 0 Å². The summed E-state index contributed by atoms with van der Waals surface area (Å²) in [5.74, 6) is -5.51. The van der Waals surface area contributed by atoms with Crippen LogP contribution < -0.4 is 10.2 Å². The zero-order valence-electron chi connectivity index (χ0n) is 7.80. The van der Waals surface area contributed by atoms with E-state index in [0.717, 1.165) is 0 Å². The number of carbonyl (C=O) groups excluding carboxylic acids is 2. The lowest BCUT2D eigenvalue weighted by molar-refractivity contribution is -0.505. The second kappa shape index (κ2) is 3.84. The lowest BCUT2D eigenvalue weighted by Gasteiger charge is -2.45. The first-order valence-corrected chi connectivity index (χ1v) is 4.42. The molecule has 0 aromatic heterocycles. The minimum Gasteiger partial charge on any atom is -0.549 e. The van der Waals surface area contributed by atoms with Gasteiger partial charge < -0.3 is 19.8 Å². The molecule has 0 atom stereocenters. The first-order valence-electron chi connectivity index (χ1n) is 4.42. The van der Waals surface area contributed by atoms with Crippen LogP contribution in [0.5, 0.6) is 0 Å². The summed E-state index contributed by atoms with van der Waals surface area (Å²) < 4.78 is 0. The smallest absolute Gasteiger partial charge is 0.210 e. The molecule has 0 saturated heterocycles. The maximum absolute atomic E-state index is 10.6. The Kier molecular flexibility index (Phi) is 2.92. The van der Waals surface area contributed by atoms with Crippen molar-refractivity contribution in [3.05, 3.63) is 10.1 Å². The molecule has 0 aliphatic heterocycles. The summed E-state index contributed by atoms with van der Waals surface area (Å²) >= 11 is 0. The summed E-state index contributed by atoms with van der Waals surface area (Å²) in [5.41, 5.74) is -1.32. The fourth-order valence-electron chi connectivity index (χ4n) is 2.02. The molecule has 84 valence electrons. The molecule has 1 aliphatic carbocycles. The average molecular weight is 215 g/mol. The minimum absolute atomic E-state index is 0.209. The van der Waals surface area contributed by atoms with Gasteiger partial charge in [-0.2, -0.15) is 0 Å². The lowest BCUT2D eigenvalue weighted by Crippen LogP contribution is -2.57. The van der Waals surface area contributed by atoms with E-state index in [1.165, 1.54) is 0 Å². The highest BCUT2D eigenvalue weighted by Crippen LogP contribution is 2.47. The first kappa shape index (κ1) is 11.4. The third-order valence-electron chi connectivity index (χ3n) is 2.88. The largest absolute Gasteiger partial charge is 0.549 e. The predicted octanol–water partition coefficient (Wildman–Crippen LogP) is -2.45. The second-order valence-electron chi connectivity index (χ2n) is 3.78. The van der Waals surface area contributed by atoms with E-state index in [-0.39, 0.29) is 12.8 Å². The Balaban J connectivity index is 2.91. The van der Waals surface area contributed by atoms with E-state index in [4.69, 9.17) is 0 Å². The van der Waals surface area contributed by atoms with Gasteiger partial charge in [0.1, 0.15) is 0 Å². The highest BCUT2D eigenvalue weighted by Gasteiger charge is 2.49. The van der Waals surface area contributed by atoms with Crippen molar-refractivity contribution >= 4 is 11.9 Å². The van der Waals surface area contributed by atoms with Gasteiger partial charge in [0, 0.05) is 10.3 Å². The molecule has 0 spiro atoms. The second-order valence-corrected chi connectivity index (χ2v) is 3.78. The van der Waals surface area contributed by atoms with Crippen molar-refractivity contribution in [2.75, 3.05) is 6.54 Å². The maximum atomic E-state index is 10.6. The molecule has 0 amide bonds. The Morgan fingerprint density at radius 1 is 1.27 bits per heavy atom. The number of carboxylic acids is 2. The van der Waals surface area contributed by atoms with Crippen molar-refractivity contribution < 1.29 is 24.7 Å². The Hall–Kier alpha value is -1.66. The molecule has 1 saturated carbocycles. The topological polar surface area (TPSA) is 123 Å². The summed E-state index contributed by atoms with van der Waals surface area (Å²) in [6.07, 6.45) is 1.01. The number of rotatable bonds is 5. The maximum Gasteiger partial charge on any atom is 0.210 e. The molecule has 0 radical (unpaired) electrons. The molecule has 1 aliphatic rings. The quantitative estimate of drug-likeness (QED) is 0.285. The van der Waals surface area contributed by atoms with Crippen molar-refractivity contribution in [3.63, 3.8) is 0 Å². The molecule has 7 heteroatoms. The molecule has 0 aromatic carbocycles. The van der Waals surface area contributed by atoms with Crippen molar-refractivity contribution in [2.45, 2.75) is 19.3 Å². The van der Waals surface area contributed by atoms with Crippen LogP contribution in [-0.2, 0) is 9.59 Å². The van der Waals surface area contributed by atoms with Crippen molar-refractivity contribution in [1.82, 2.24) is 0 Å². The summed E-state index contributed by atoms with van der Waals surface area (Å²) in [5, 5.41) is 31.6. The zero-order valence-corrected chi connectivity index (χ0v) is 7.80. The average Bonchev–Trinajstić information content (AvgIpc) is 1.97. The van der Waals surface area contributed by atoms with Gasteiger partial charge in [0.25, 0.3) is 0 Å². The van der Waals surface area contributed by atoms with Gasteiger partial charge in [0.15, 0.2) is 0 Å². The number of aliphatic carboxylic acids is 2. The van der Waals surface area contributed by atoms with Crippen LogP contribution in [0.4, 0.5) is 0 Å². The molecule has 0 unspecified atom stereocenters. The van der Waals surface area contributed by atoms with Gasteiger partial charge in [-0.1, -0.05) is 6.42 Å². The normalized spacial score (nSPS) is 18.2. The Morgan fingerprint density at radius 3 is 1.93 bits per heavy atom. The molecule has 1 rings (SSSR count). The van der Waals surface area contributed by atoms with Crippen LogP contribution >= 0.6 is 0 Å². The number of nitrogens with zero attached hydrogens (tertiary/aromatic N) is 1. The van der Waals surface area contributed by atoms with Gasteiger partial charge >= 0.3 is 0 Å². The SMILES string of the molecule is O=C([O-])C(C(=O)[O-])C1(C[N+](=O)[O-])CCC1. The monoisotopic (exact) mass is 215 g/mol. The summed E-state index contributed by atoms with van der Waals surface area (Å²) in [6.45, 7) is -0.667. The Bertz CT molecular complexity index is 294. The minimum atomic E-state index is -1.89. The lowest BCUT2D eigenvalue weighted by atomic mass is 9.61. The van der Waals surface area contributed by atoms with Crippen molar-refractivity contribution in [3.8, 4) is 0 Å². The third-order valence-corrected chi connectivity index (χ3v) is 2.88. The van der Waals surface area contributed by atoms with Crippen LogP contribution in [0.15, 0.2) is 0 Å². The van der Waals surface area contributed by atoms with E-state index in [2.05, 4.69) is 0 Å².